The Balaban J connectivity index is 2.41. The molecule has 0 saturated carbocycles. The molecule has 1 heterocycles. The van der Waals surface area contributed by atoms with Crippen LogP contribution >= 0.6 is 0 Å². The van der Waals surface area contributed by atoms with Crippen molar-refractivity contribution in [2.75, 3.05) is 18.0 Å². The number of nitro groups is 1. The van der Waals surface area contributed by atoms with Gasteiger partial charge in [0, 0.05) is 24.4 Å². The summed E-state index contributed by atoms with van der Waals surface area (Å²) in [5.41, 5.74) is 2.01. The van der Waals surface area contributed by atoms with Crippen molar-refractivity contribution in [2.24, 2.45) is 0 Å². The zero-order valence-corrected chi connectivity index (χ0v) is 9.46. The first-order valence-corrected chi connectivity index (χ1v) is 5.68. The molecule has 1 aromatic rings. The minimum atomic E-state index is -0.399. The van der Waals surface area contributed by atoms with Crippen LogP contribution in [0.2, 0.25) is 0 Å². The predicted octanol–water partition coefficient (Wildman–Crippen LogP) is 1.94. The van der Waals surface area contributed by atoms with E-state index in [-0.39, 0.29) is 5.69 Å². The summed E-state index contributed by atoms with van der Waals surface area (Å²) >= 11 is 0. The number of anilines is 1. The number of nitro benzene ring substituents is 1. The van der Waals surface area contributed by atoms with Crippen molar-refractivity contribution in [2.45, 2.75) is 19.3 Å². The highest BCUT2D eigenvalue weighted by molar-refractivity contribution is 5.66. The maximum atomic E-state index is 10.8. The average Bonchev–Trinajstić information content (AvgIpc) is 2.52. The Labute approximate surface area is 99.2 Å². The fourth-order valence-electron chi connectivity index (χ4n) is 2.19. The number of carbonyl (C=O) groups excluding carboxylic acids is 1. The molecule has 0 saturated heterocycles. The summed E-state index contributed by atoms with van der Waals surface area (Å²) in [5, 5.41) is 10.8. The highest BCUT2D eigenvalue weighted by Gasteiger charge is 2.18. The van der Waals surface area contributed by atoms with E-state index < -0.39 is 4.92 Å². The Hall–Kier alpha value is -1.91. The zero-order chi connectivity index (χ0) is 12.3. The number of aldehydes is 1. The average molecular weight is 234 g/mol. The number of hydrogen-bond acceptors (Lipinski definition) is 4. The topological polar surface area (TPSA) is 63.5 Å². The molecule has 1 aliphatic heterocycles. The van der Waals surface area contributed by atoms with E-state index >= 15 is 0 Å². The van der Waals surface area contributed by atoms with Crippen LogP contribution in [0.4, 0.5) is 11.4 Å². The number of carbonyl (C=O) groups is 1. The van der Waals surface area contributed by atoms with Gasteiger partial charge in [-0.1, -0.05) is 6.07 Å². The largest absolute Gasteiger partial charge is 0.364 e. The van der Waals surface area contributed by atoms with Crippen LogP contribution < -0.4 is 4.90 Å². The van der Waals surface area contributed by atoms with Gasteiger partial charge >= 0.3 is 0 Å². The predicted molar refractivity (Wildman–Crippen MR) is 64.3 cm³/mol. The molecule has 0 aromatic heterocycles. The summed E-state index contributed by atoms with van der Waals surface area (Å²) in [4.78, 5) is 22.9. The quantitative estimate of drug-likeness (QED) is 0.455. The lowest BCUT2D eigenvalue weighted by atomic mass is 10.1. The fourth-order valence-corrected chi connectivity index (χ4v) is 2.19. The second-order valence-corrected chi connectivity index (χ2v) is 4.14. The SMILES string of the molecule is O=CCN1CCCCc2ccc([N+](=O)[O-])cc21. The van der Waals surface area contributed by atoms with Crippen molar-refractivity contribution >= 4 is 17.7 Å². The standard InChI is InChI=1S/C12H14N2O3/c15-8-7-13-6-2-1-3-10-4-5-11(14(16)17)9-12(10)13/h4-5,8-9H,1-3,6-7H2. The maximum absolute atomic E-state index is 10.8. The van der Waals surface area contributed by atoms with Gasteiger partial charge in [0.2, 0.25) is 0 Å². The molecule has 0 fully saturated rings. The van der Waals surface area contributed by atoms with E-state index in [0.29, 0.717) is 6.54 Å². The van der Waals surface area contributed by atoms with Crippen LogP contribution in [-0.4, -0.2) is 24.3 Å². The summed E-state index contributed by atoms with van der Waals surface area (Å²) in [6.07, 6.45) is 3.83. The summed E-state index contributed by atoms with van der Waals surface area (Å²) in [6, 6.07) is 4.91. The van der Waals surface area contributed by atoms with Crippen molar-refractivity contribution in [1.82, 2.24) is 0 Å². The van der Waals surface area contributed by atoms with Crippen LogP contribution in [0.1, 0.15) is 18.4 Å². The van der Waals surface area contributed by atoms with E-state index in [0.717, 1.165) is 43.3 Å². The van der Waals surface area contributed by atoms with Gasteiger partial charge in [0.1, 0.15) is 6.29 Å². The third kappa shape index (κ3) is 2.43. The van der Waals surface area contributed by atoms with E-state index in [1.165, 1.54) is 6.07 Å². The monoisotopic (exact) mass is 234 g/mol. The molecule has 0 unspecified atom stereocenters. The van der Waals surface area contributed by atoms with Crippen molar-refractivity contribution < 1.29 is 9.72 Å². The third-order valence-electron chi connectivity index (χ3n) is 3.04. The number of fused-ring (bicyclic) bond motifs is 1. The number of nitrogens with zero attached hydrogens (tertiary/aromatic N) is 2. The van der Waals surface area contributed by atoms with Crippen LogP contribution in [0, 0.1) is 10.1 Å². The van der Waals surface area contributed by atoms with Crippen LogP contribution in [-0.2, 0) is 11.2 Å². The lowest BCUT2D eigenvalue weighted by Gasteiger charge is -2.21. The molecular weight excluding hydrogens is 220 g/mol. The Morgan fingerprint density at radius 2 is 2.24 bits per heavy atom. The van der Waals surface area contributed by atoms with Gasteiger partial charge in [0.25, 0.3) is 5.69 Å². The molecule has 5 heteroatoms. The number of aryl methyl sites for hydroxylation is 1. The molecule has 0 spiro atoms. The number of hydrogen-bond donors (Lipinski definition) is 0. The van der Waals surface area contributed by atoms with Crippen LogP contribution in [0.5, 0.6) is 0 Å². The molecule has 17 heavy (non-hydrogen) atoms. The van der Waals surface area contributed by atoms with E-state index in [9.17, 15) is 14.9 Å². The molecule has 1 aromatic carbocycles. The molecule has 0 aliphatic carbocycles. The molecule has 0 amide bonds. The first-order valence-electron chi connectivity index (χ1n) is 5.68. The van der Waals surface area contributed by atoms with Gasteiger partial charge in [-0.3, -0.25) is 10.1 Å². The van der Waals surface area contributed by atoms with E-state index in [1.54, 1.807) is 12.1 Å². The molecule has 0 bridgehead atoms. The molecule has 2 rings (SSSR count). The molecule has 0 N–H and O–H groups in total. The highest BCUT2D eigenvalue weighted by atomic mass is 16.6. The third-order valence-corrected chi connectivity index (χ3v) is 3.04. The minimum absolute atomic E-state index is 0.0848. The molecular formula is C12H14N2O3. The Morgan fingerprint density at radius 1 is 1.41 bits per heavy atom. The molecule has 90 valence electrons. The fraction of sp³-hybridized carbons (Fsp3) is 0.417. The van der Waals surface area contributed by atoms with Crippen molar-refractivity contribution in [3.63, 3.8) is 0 Å². The van der Waals surface area contributed by atoms with Gasteiger partial charge in [-0.25, -0.2) is 0 Å². The van der Waals surface area contributed by atoms with Gasteiger partial charge in [0.05, 0.1) is 11.5 Å². The second kappa shape index (κ2) is 4.95. The van der Waals surface area contributed by atoms with Crippen molar-refractivity contribution in [1.29, 1.82) is 0 Å². The Morgan fingerprint density at radius 3 is 2.94 bits per heavy atom. The Kier molecular flexibility index (Phi) is 3.37. The van der Waals surface area contributed by atoms with Gasteiger partial charge in [-0.2, -0.15) is 0 Å². The summed E-state index contributed by atoms with van der Waals surface area (Å²) in [7, 11) is 0. The molecule has 1 aliphatic rings. The van der Waals surface area contributed by atoms with Crippen LogP contribution in [0.15, 0.2) is 18.2 Å². The van der Waals surface area contributed by atoms with Gasteiger partial charge in [0.15, 0.2) is 0 Å². The van der Waals surface area contributed by atoms with Crippen molar-refractivity contribution in [3.8, 4) is 0 Å². The number of rotatable bonds is 3. The lowest BCUT2D eigenvalue weighted by Crippen LogP contribution is -2.26. The highest BCUT2D eigenvalue weighted by Crippen LogP contribution is 2.29. The zero-order valence-electron chi connectivity index (χ0n) is 9.46. The first-order chi connectivity index (χ1) is 8.22. The normalized spacial score (nSPS) is 14.9. The minimum Gasteiger partial charge on any atom is -0.364 e. The Bertz CT molecular complexity index is 445. The first kappa shape index (κ1) is 11.6. The van der Waals surface area contributed by atoms with E-state index in [1.807, 2.05) is 4.90 Å². The van der Waals surface area contributed by atoms with Gasteiger partial charge < -0.3 is 9.69 Å². The number of non-ortho nitro benzene ring substituents is 1. The van der Waals surface area contributed by atoms with E-state index in [2.05, 4.69) is 0 Å². The summed E-state index contributed by atoms with van der Waals surface area (Å²) in [5.74, 6) is 0. The second-order valence-electron chi connectivity index (χ2n) is 4.14. The molecule has 0 atom stereocenters. The van der Waals surface area contributed by atoms with Crippen LogP contribution in [0.25, 0.3) is 0 Å². The van der Waals surface area contributed by atoms with E-state index in [4.69, 9.17) is 0 Å². The van der Waals surface area contributed by atoms with Crippen molar-refractivity contribution in [3.05, 3.63) is 33.9 Å². The lowest BCUT2D eigenvalue weighted by molar-refractivity contribution is -0.384. The number of benzene rings is 1. The summed E-state index contributed by atoms with van der Waals surface area (Å²) < 4.78 is 0. The molecule has 0 radical (unpaired) electrons. The van der Waals surface area contributed by atoms with Gasteiger partial charge in [-0.15, -0.1) is 0 Å². The molecule has 5 nitrogen and oxygen atoms in total. The smallest absolute Gasteiger partial charge is 0.271 e. The summed E-state index contributed by atoms with van der Waals surface area (Å²) in [6.45, 7) is 1.08. The van der Waals surface area contributed by atoms with Crippen LogP contribution in [0.3, 0.4) is 0 Å². The van der Waals surface area contributed by atoms with Gasteiger partial charge in [-0.05, 0) is 24.8 Å². The maximum Gasteiger partial charge on any atom is 0.271 e.